The van der Waals surface area contributed by atoms with Crippen LogP contribution in [0.2, 0.25) is 0 Å². The number of hydrogen-bond acceptors (Lipinski definition) is 6. The monoisotopic (exact) mass is 563 g/mol. The second kappa shape index (κ2) is 12.1. The molecule has 2 aliphatic heterocycles. The minimum Gasteiger partial charge on any atom is -0.465 e. The third-order valence-corrected chi connectivity index (χ3v) is 6.78. The van der Waals surface area contributed by atoms with Crippen LogP contribution in [0.3, 0.4) is 0 Å². The first-order valence-electron chi connectivity index (χ1n) is 18.2. The SMILES string of the molecule is [2H]c1c([2H])c(N(C)C(=O)CN2C([2H])([2H])C([2H])([2H])N(C)C([2H])(C)C2([2H])[2H])c([2H])c([2H])c1C/C(=C1\C(=O)Nc2cc(C(=O)OC)ccc21)c1ccccc1. The fraction of sp³-hybridized carbons (Fsp3) is 0.303. The maximum absolute atomic E-state index is 13.7. The van der Waals surface area contributed by atoms with Crippen LogP contribution in [-0.2, 0) is 20.7 Å². The highest BCUT2D eigenvalue weighted by atomic mass is 16.5. The summed E-state index contributed by atoms with van der Waals surface area (Å²) in [5.74, 6) is -2.22. The molecule has 8 nitrogen and oxygen atoms in total. The summed E-state index contributed by atoms with van der Waals surface area (Å²) in [4.78, 5) is 40.9. The number of ether oxygens (including phenoxy) is 1. The molecule has 8 heteroatoms. The Morgan fingerprint density at radius 1 is 1.12 bits per heavy atom. The second-order valence-electron chi connectivity index (χ2n) is 9.45. The number of hydrogen-bond donors (Lipinski definition) is 1. The Morgan fingerprint density at radius 3 is 2.56 bits per heavy atom. The molecule has 0 saturated carbocycles. The van der Waals surface area contributed by atoms with Gasteiger partial charge in [0.1, 0.15) is 0 Å². The average Bonchev–Trinajstić information content (AvgIpc) is 3.42. The third-order valence-electron chi connectivity index (χ3n) is 6.78. The molecule has 2 amide bonds. The summed E-state index contributed by atoms with van der Waals surface area (Å²) >= 11 is 0. The highest BCUT2D eigenvalue weighted by Gasteiger charge is 2.29. The molecule has 0 bridgehead atoms. The van der Waals surface area contributed by atoms with Crippen molar-refractivity contribution in [2.45, 2.75) is 19.4 Å². The molecule has 2 aliphatic rings. The molecule has 212 valence electrons. The van der Waals surface area contributed by atoms with Gasteiger partial charge in [-0.25, -0.2) is 4.79 Å². The molecule has 41 heavy (non-hydrogen) atoms. The highest BCUT2D eigenvalue weighted by molar-refractivity contribution is 6.37. The summed E-state index contributed by atoms with van der Waals surface area (Å²) in [7, 11) is 3.41. The summed E-state index contributed by atoms with van der Waals surface area (Å²) < 4.78 is 99.6. The van der Waals surface area contributed by atoms with Gasteiger partial charge in [-0.1, -0.05) is 48.5 Å². The van der Waals surface area contributed by atoms with Crippen molar-refractivity contribution in [1.82, 2.24) is 9.80 Å². The van der Waals surface area contributed by atoms with Crippen molar-refractivity contribution >= 4 is 40.3 Å². The zero-order chi connectivity index (χ0) is 38.9. The molecule has 1 N–H and O–H groups in total. The summed E-state index contributed by atoms with van der Waals surface area (Å²) in [6, 6.07) is 8.43. The Bertz CT molecular complexity index is 1970. The lowest BCUT2D eigenvalue weighted by atomic mass is 9.90. The number of rotatable bonds is 7. The zero-order valence-corrected chi connectivity index (χ0v) is 23.0. The third kappa shape index (κ3) is 6.09. The number of carbonyl (C=O) groups is 3. The number of anilines is 2. The van der Waals surface area contributed by atoms with Crippen molar-refractivity contribution in [2.24, 2.45) is 0 Å². The molecule has 2 heterocycles. The molecule has 1 fully saturated rings. The lowest BCUT2D eigenvalue weighted by Crippen LogP contribution is -2.52. The second-order valence-corrected chi connectivity index (χ2v) is 9.45. The van der Waals surface area contributed by atoms with E-state index in [-0.39, 0.29) is 23.1 Å². The Balaban J connectivity index is 1.57. The smallest absolute Gasteiger partial charge is 0.337 e. The first-order chi connectivity index (χ1) is 24.0. The van der Waals surface area contributed by atoms with Crippen molar-refractivity contribution in [1.29, 1.82) is 0 Å². The van der Waals surface area contributed by atoms with E-state index in [0.717, 1.165) is 25.9 Å². The Morgan fingerprint density at radius 2 is 1.85 bits per heavy atom. The van der Waals surface area contributed by atoms with Crippen molar-refractivity contribution in [3.63, 3.8) is 0 Å². The van der Waals surface area contributed by atoms with Gasteiger partial charge in [-0.3, -0.25) is 14.5 Å². The number of benzene rings is 3. The van der Waals surface area contributed by atoms with Crippen LogP contribution < -0.4 is 10.2 Å². The molecule has 1 saturated heterocycles. The van der Waals surface area contributed by atoms with Gasteiger partial charge in [-0.2, -0.15) is 0 Å². The average molecular weight is 564 g/mol. The van der Waals surface area contributed by atoms with Gasteiger partial charge < -0.3 is 19.9 Å². The van der Waals surface area contributed by atoms with Crippen LogP contribution >= 0.6 is 0 Å². The van der Waals surface area contributed by atoms with Crippen molar-refractivity contribution in [3.05, 3.63) is 95.0 Å². The number of methoxy groups -OCH3 is 1. The van der Waals surface area contributed by atoms with E-state index in [1.165, 1.54) is 19.2 Å². The molecular formula is C33H36N4O4. The fourth-order valence-electron chi connectivity index (χ4n) is 4.42. The number of nitrogens with zero attached hydrogens (tertiary/aromatic N) is 3. The Labute approximate surface area is 256 Å². The fourth-order valence-corrected chi connectivity index (χ4v) is 4.42. The van der Waals surface area contributed by atoms with Crippen molar-refractivity contribution in [3.8, 4) is 0 Å². The van der Waals surface area contributed by atoms with Gasteiger partial charge in [0.25, 0.3) is 5.91 Å². The van der Waals surface area contributed by atoms with Crippen LogP contribution in [0, 0.1) is 0 Å². The number of likely N-dealkylation sites (N-methyl/N-ethyl adjacent to an activating group) is 2. The maximum Gasteiger partial charge on any atom is 0.337 e. The molecule has 3 aromatic rings. The molecular weight excluding hydrogens is 516 g/mol. The Kier molecular flexibility index (Phi) is 5.16. The number of fused-ring (bicyclic) bond motifs is 1. The number of carbonyl (C=O) groups excluding carboxylic acids is 3. The van der Waals surface area contributed by atoms with Crippen LogP contribution in [0.15, 0.2) is 72.7 Å². The van der Waals surface area contributed by atoms with Gasteiger partial charge in [0.2, 0.25) is 5.91 Å². The number of amides is 2. The van der Waals surface area contributed by atoms with Crippen LogP contribution in [-0.4, -0.2) is 80.8 Å². The summed E-state index contributed by atoms with van der Waals surface area (Å²) in [5, 5.41) is 2.74. The van der Waals surface area contributed by atoms with Crippen LogP contribution in [0.25, 0.3) is 11.1 Å². The van der Waals surface area contributed by atoms with Crippen molar-refractivity contribution in [2.75, 3.05) is 57.5 Å². The van der Waals surface area contributed by atoms with Crippen LogP contribution in [0.4, 0.5) is 11.4 Å². The van der Waals surface area contributed by atoms with Gasteiger partial charge in [-0.05, 0) is 61.3 Å². The molecule has 0 aliphatic carbocycles. The molecule has 5 rings (SSSR count). The predicted octanol–water partition coefficient (Wildman–Crippen LogP) is 4.18. The van der Waals surface area contributed by atoms with Gasteiger partial charge in [0.15, 0.2) is 0 Å². The van der Waals surface area contributed by atoms with E-state index >= 15 is 0 Å². The van der Waals surface area contributed by atoms with E-state index in [1.807, 2.05) is 0 Å². The minimum absolute atomic E-state index is 0.108. The first kappa shape index (κ1) is 17.5. The highest BCUT2D eigenvalue weighted by Crippen LogP contribution is 2.39. The number of nitrogens with one attached hydrogen (secondary N) is 1. The van der Waals surface area contributed by atoms with Crippen molar-refractivity contribution < 1.29 is 34.2 Å². The van der Waals surface area contributed by atoms with Gasteiger partial charge >= 0.3 is 5.97 Å². The van der Waals surface area contributed by atoms with Crippen LogP contribution in [0.5, 0.6) is 0 Å². The summed E-state index contributed by atoms with van der Waals surface area (Å²) in [6.07, 6.45) is -0.267. The molecule has 0 spiro atoms. The lowest BCUT2D eigenvalue weighted by Gasteiger charge is -2.37. The molecule has 1 atom stereocenters. The summed E-state index contributed by atoms with van der Waals surface area (Å²) in [5.41, 5.74) is 1.45. The predicted molar refractivity (Wildman–Crippen MR) is 162 cm³/mol. The maximum atomic E-state index is 13.7. The Hall–Kier alpha value is -4.27. The van der Waals surface area contributed by atoms with Crippen LogP contribution in [0.1, 0.15) is 49.1 Å². The van der Waals surface area contributed by atoms with E-state index in [2.05, 4.69) is 5.32 Å². The number of allylic oxidation sites excluding steroid dienone is 1. The first-order valence-corrected chi connectivity index (χ1v) is 12.7. The summed E-state index contributed by atoms with van der Waals surface area (Å²) in [6.45, 7) is -9.04. The van der Waals surface area contributed by atoms with Gasteiger partial charge in [-0.15, -0.1) is 0 Å². The quantitative estimate of drug-likeness (QED) is 0.343. The standard InChI is InChI=1S/C33H36N4O4/c1-22-20-37(17-16-35(22)2)21-30(38)36(3)26-13-10-23(11-14-26)18-28(24-8-6-5-7-9-24)31-27-15-12-25(33(40)41-4)19-29(27)34-32(31)39/h5-15,19,22H,16-18,20-21H2,1-4H3,(H,34,39)/b31-28+/i10D,11D,13D,14D,16D2,17D2,20D2,22D. The van der Waals surface area contributed by atoms with E-state index in [1.54, 1.807) is 36.4 Å². The molecule has 3 aromatic carbocycles. The van der Waals surface area contributed by atoms with E-state index in [4.69, 9.17) is 19.8 Å². The molecule has 1 unspecified atom stereocenters. The minimum atomic E-state index is -3.13. The van der Waals surface area contributed by atoms with Gasteiger partial charge in [0, 0.05) is 59.1 Å². The molecule has 0 radical (unpaired) electrons. The zero-order valence-electron chi connectivity index (χ0n) is 34.0. The van der Waals surface area contributed by atoms with E-state index in [0.29, 0.717) is 32.2 Å². The lowest BCUT2D eigenvalue weighted by molar-refractivity contribution is -0.120. The largest absolute Gasteiger partial charge is 0.465 e. The van der Waals surface area contributed by atoms with Gasteiger partial charge in [0.05, 0.1) is 30.3 Å². The topological polar surface area (TPSA) is 82.2 Å². The molecule has 0 aromatic heterocycles. The number of piperazine rings is 1. The van der Waals surface area contributed by atoms with E-state index in [9.17, 15) is 14.4 Å². The normalized spacial score (nSPS) is 27.8. The van der Waals surface area contributed by atoms with E-state index < -0.39 is 79.7 Å². The number of esters is 1.